The summed E-state index contributed by atoms with van der Waals surface area (Å²) in [6.45, 7) is 2.55. The Balaban J connectivity index is 1.52. The van der Waals surface area contributed by atoms with E-state index in [1.54, 1.807) is 36.1 Å². The molecule has 2 aromatic heterocycles. The molecule has 1 aliphatic rings. The topological polar surface area (TPSA) is 119 Å². The summed E-state index contributed by atoms with van der Waals surface area (Å²) in [5.74, 6) is 1.03. The number of rotatable bonds is 9. The van der Waals surface area contributed by atoms with Gasteiger partial charge in [0.1, 0.15) is 23.6 Å². The zero-order chi connectivity index (χ0) is 27.0. The highest BCUT2D eigenvalue weighted by molar-refractivity contribution is 7.95. The van der Waals surface area contributed by atoms with E-state index in [1.807, 2.05) is 38.2 Å². The highest BCUT2D eigenvalue weighted by Gasteiger charge is 2.25. The summed E-state index contributed by atoms with van der Waals surface area (Å²) in [5.41, 5.74) is 10.3. The molecule has 0 amide bonds. The first-order chi connectivity index (χ1) is 18.2. The first-order valence-electron chi connectivity index (χ1n) is 12.3. The quantitative estimate of drug-likeness (QED) is 0.345. The average Bonchev–Trinajstić information content (AvgIpc) is 3.69. The second-order valence-corrected chi connectivity index (χ2v) is 11.3. The smallest absolute Gasteiger partial charge is 0.256 e. The molecule has 5 rings (SSSR count). The van der Waals surface area contributed by atoms with Crippen molar-refractivity contribution in [2.45, 2.75) is 25.8 Å². The van der Waals surface area contributed by atoms with E-state index in [-0.39, 0.29) is 0 Å². The number of sulfonamides is 1. The maximum atomic E-state index is 13.0. The summed E-state index contributed by atoms with van der Waals surface area (Å²) in [6.07, 6.45) is 5.42. The van der Waals surface area contributed by atoms with Crippen LogP contribution in [-0.2, 0) is 10.0 Å². The Kier molecular flexibility index (Phi) is 6.80. The minimum atomic E-state index is -3.68. The molecule has 0 bridgehead atoms. The normalized spacial score (nSPS) is 14.0. The lowest BCUT2D eigenvalue weighted by atomic mass is 10.1. The first-order valence-corrected chi connectivity index (χ1v) is 13.8. The number of fused-ring (bicyclic) bond motifs is 1. The third-order valence-electron chi connectivity index (χ3n) is 6.83. The summed E-state index contributed by atoms with van der Waals surface area (Å²) >= 11 is 0. The van der Waals surface area contributed by atoms with Gasteiger partial charge in [-0.1, -0.05) is 24.3 Å². The molecule has 1 fully saturated rings. The van der Waals surface area contributed by atoms with Crippen molar-refractivity contribution in [2.24, 2.45) is 0 Å². The molecule has 38 heavy (non-hydrogen) atoms. The Labute approximate surface area is 222 Å². The van der Waals surface area contributed by atoms with Crippen LogP contribution in [0.4, 0.5) is 11.5 Å². The molecule has 0 atom stereocenters. The second kappa shape index (κ2) is 10.1. The molecule has 0 unspecified atom stereocenters. The standard InChI is InChI=1S/C27H31N7O3S/c1-18-9-10-19(15-23(18)37-4)25-24-26(28)29-17-30-27(24)34(31-25)22-8-5-7-21(16-22)33(3)38(35,36)14-6-13-32(2)20-11-12-20/h5-10,14-17,20H,11-13H2,1-4H3,(H2,28,29,30)/b14-6+. The SMILES string of the molecule is COc1cc(-c2nn(-c3cccc(N(C)S(=O)(=O)/C=C/CN(C)C4CC4)c3)c3ncnc(N)c23)ccc1C. The highest BCUT2D eigenvalue weighted by atomic mass is 32.2. The summed E-state index contributed by atoms with van der Waals surface area (Å²) in [5, 5.41) is 6.71. The van der Waals surface area contributed by atoms with Crippen molar-refractivity contribution in [3.05, 3.63) is 65.8 Å². The fourth-order valence-electron chi connectivity index (χ4n) is 4.38. The maximum Gasteiger partial charge on any atom is 0.256 e. The van der Waals surface area contributed by atoms with E-state index >= 15 is 0 Å². The molecule has 11 heteroatoms. The fourth-order valence-corrected chi connectivity index (χ4v) is 5.30. The predicted octanol–water partition coefficient (Wildman–Crippen LogP) is 3.76. The molecule has 2 N–H and O–H groups in total. The van der Waals surface area contributed by atoms with Crippen LogP contribution in [-0.4, -0.2) is 66.9 Å². The number of anilines is 2. The fraction of sp³-hybridized carbons (Fsp3) is 0.296. The monoisotopic (exact) mass is 533 g/mol. The molecular formula is C27H31N7O3S. The van der Waals surface area contributed by atoms with Gasteiger partial charge in [-0.3, -0.25) is 9.21 Å². The Bertz CT molecular complexity index is 1630. The number of nitrogens with zero attached hydrogens (tertiary/aromatic N) is 6. The summed E-state index contributed by atoms with van der Waals surface area (Å²) in [7, 11) is 1.49. The van der Waals surface area contributed by atoms with Gasteiger partial charge in [0.15, 0.2) is 5.65 Å². The van der Waals surface area contributed by atoms with Gasteiger partial charge in [0.25, 0.3) is 10.0 Å². The molecular weight excluding hydrogens is 502 g/mol. The number of likely N-dealkylation sites (N-methyl/N-ethyl adjacent to an activating group) is 1. The van der Waals surface area contributed by atoms with Gasteiger partial charge in [0, 0.05) is 30.6 Å². The van der Waals surface area contributed by atoms with E-state index in [4.69, 9.17) is 15.6 Å². The minimum absolute atomic E-state index is 0.299. The van der Waals surface area contributed by atoms with Crippen molar-refractivity contribution in [3.63, 3.8) is 0 Å². The van der Waals surface area contributed by atoms with Crippen LogP contribution < -0.4 is 14.8 Å². The second-order valence-electron chi connectivity index (χ2n) is 9.48. The van der Waals surface area contributed by atoms with Crippen LogP contribution in [0.1, 0.15) is 18.4 Å². The lowest BCUT2D eigenvalue weighted by Gasteiger charge is -2.18. The van der Waals surface area contributed by atoms with Crippen LogP contribution in [0.15, 0.2) is 60.3 Å². The van der Waals surface area contributed by atoms with Crippen molar-refractivity contribution >= 4 is 32.6 Å². The molecule has 1 aliphatic carbocycles. The molecule has 198 valence electrons. The van der Waals surface area contributed by atoms with Gasteiger partial charge in [-0.15, -0.1) is 0 Å². The zero-order valence-corrected chi connectivity index (χ0v) is 22.7. The van der Waals surface area contributed by atoms with Gasteiger partial charge < -0.3 is 10.5 Å². The van der Waals surface area contributed by atoms with Gasteiger partial charge in [0.05, 0.1) is 23.9 Å². The van der Waals surface area contributed by atoms with Gasteiger partial charge in [-0.25, -0.2) is 23.1 Å². The number of ether oxygens (including phenoxy) is 1. The van der Waals surface area contributed by atoms with Crippen molar-refractivity contribution in [2.75, 3.05) is 37.8 Å². The third-order valence-corrected chi connectivity index (χ3v) is 8.34. The number of benzene rings is 2. The lowest BCUT2D eigenvalue weighted by Crippen LogP contribution is -2.25. The van der Waals surface area contributed by atoms with Gasteiger partial charge in [-0.05, 0) is 56.6 Å². The van der Waals surface area contributed by atoms with Gasteiger partial charge >= 0.3 is 0 Å². The summed E-state index contributed by atoms with van der Waals surface area (Å²) in [4.78, 5) is 10.8. The highest BCUT2D eigenvalue weighted by Crippen LogP contribution is 2.34. The summed E-state index contributed by atoms with van der Waals surface area (Å²) < 4.78 is 34.5. The number of aromatic nitrogens is 4. The summed E-state index contributed by atoms with van der Waals surface area (Å²) in [6, 6.07) is 13.5. The van der Waals surface area contributed by atoms with E-state index in [1.165, 1.54) is 35.9 Å². The molecule has 2 aromatic carbocycles. The van der Waals surface area contributed by atoms with Crippen LogP contribution >= 0.6 is 0 Å². The molecule has 0 saturated heterocycles. The first kappa shape index (κ1) is 25.7. The molecule has 1 saturated carbocycles. The minimum Gasteiger partial charge on any atom is -0.496 e. The Morgan fingerprint density at radius 3 is 2.68 bits per heavy atom. The molecule has 0 radical (unpaired) electrons. The average molecular weight is 534 g/mol. The van der Waals surface area contributed by atoms with Gasteiger partial charge in [-0.2, -0.15) is 5.10 Å². The van der Waals surface area contributed by atoms with Crippen molar-refractivity contribution in [1.29, 1.82) is 0 Å². The van der Waals surface area contributed by atoms with Crippen LogP contribution in [0.2, 0.25) is 0 Å². The number of nitrogens with two attached hydrogens (primary N) is 1. The van der Waals surface area contributed by atoms with E-state index in [0.717, 1.165) is 16.9 Å². The number of aryl methyl sites for hydroxylation is 1. The molecule has 0 aliphatic heterocycles. The van der Waals surface area contributed by atoms with Gasteiger partial charge in [0.2, 0.25) is 0 Å². The number of methoxy groups -OCH3 is 1. The van der Waals surface area contributed by atoms with E-state index in [2.05, 4.69) is 14.9 Å². The van der Waals surface area contributed by atoms with E-state index < -0.39 is 10.0 Å². The van der Waals surface area contributed by atoms with Crippen LogP contribution in [0.5, 0.6) is 5.75 Å². The van der Waals surface area contributed by atoms with Crippen LogP contribution in [0, 0.1) is 6.92 Å². The van der Waals surface area contributed by atoms with Crippen molar-refractivity contribution in [3.8, 4) is 22.7 Å². The van der Waals surface area contributed by atoms with E-state index in [0.29, 0.717) is 46.5 Å². The molecule has 0 spiro atoms. The Hall–Kier alpha value is -3.96. The largest absolute Gasteiger partial charge is 0.496 e. The number of nitrogen functional groups attached to an aromatic ring is 1. The van der Waals surface area contributed by atoms with E-state index in [9.17, 15) is 8.42 Å². The lowest BCUT2D eigenvalue weighted by molar-refractivity contribution is 0.360. The zero-order valence-electron chi connectivity index (χ0n) is 21.9. The van der Waals surface area contributed by atoms with Crippen molar-refractivity contribution < 1.29 is 13.2 Å². The predicted molar refractivity (Wildman–Crippen MR) is 150 cm³/mol. The molecule has 2 heterocycles. The molecule has 10 nitrogen and oxygen atoms in total. The molecule has 4 aromatic rings. The van der Waals surface area contributed by atoms with Crippen LogP contribution in [0.3, 0.4) is 0 Å². The number of hydrogen-bond acceptors (Lipinski definition) is 8. The van der Waals surface area contributed by atoms with Crippen molar-refractivity contribution in [1.82, 2.24) is 24.6 Å². The number of hydrogen-bond donors (Lipinski definition) is 1. The Morgan fingerprint density at radius 1 is 1.16 bits per heavy atom. The Morgan fingerprint density at radius 2 is 1.95 bits per heavy atom. The third kappa shape index (κ3) is 4.94. The maximum absolute atomic E-state index is 13.0. The van der Waals surface area contributed by atoms with Crippen LogP contribution in [0.25, 0.3) is 28.0 Å².